The number of fused-ring (bicyclic) bond motifs is 6. The van der Waals surface area contributed by atoms with E-state index >= 15 is 0 Å². The summed E-state index contributed by atoms with van der Waals surface area (Å²) in [6.07, 6.45) is 3.52. The topological polar surface area (TPSA) is 84.7 Å². The molecule has 0 fully saturated rings. The second-order valence-electron chi connectivity index (χ2n) is 7.15. The largest absolute Gasteiger partial charge is 0.491 e. The molecule has 1 aliphatic rings. The lowest BCUT2D eigenvalue weighted by Crippen LogP contribution is -2.22. The van der Waals surface area contributed by atoms with Crippen LogP contribution < -0.4 is 24.5 Å². The fourth-order valence-electron chi connectivity index (χ4n) is 3.94. The summed E-state index contributed by atoms with van der Waals surface area (Å²) in [4.78, 5) is 22.9. The van der Waals surface area contributed by atoms with E-state index in [0.29, 0.717) is 51.6 Å². The van der Waals surface area contributed by atoms with Crippen molar-refractivity contribution in [1.82, 2.24) is 14.5 Å². The van der Waals surface area contributed by atoms with E-state index in [1.165, 1.54) is 7.11 Å². The molecule has 0 aliphatic carbocycles. The van der Waals surface area contributed by atoms with Gasteiger partial charge in [-0.2, -0.15) is 4.98 Å². The number of aromatic nitrogens is 3. The Morgan fingerprint density at radius 2 is 1.87 bits per heavy atom. The predicted molar refractivity (Wildman–Crippen MR) is 113 cm³/mol. The van der Waals surface area contributed by atoms with Gasteiger partial charge in [-0.05, 0) is 18.6 Å². The average Bonchev–Trinajstić information content (AvgIpc) is 3.23. The van der Waals surface area contributed by atoms with E-state index in [2.05, 4.69) is 16.9 Å². The number of aryl methyl sites for hydroxylation is 1. The number of ether oxygens (including phenoxy) is 4. The van der Waals surface area contributed by atoms with Gasteiger partial charge in [-0.15, -0.1) is 0 Å². The van der Waals surface area contributed by atoms with Gasteiger partial charge in [0.15, 0.2) is 17.2 Å². The summed E-state index contributed by atoms with van der Waals surface area (Å²) in [5, 5.41) is 2.80. The van der Waals surface area contributed by atoms with Gasteiger partial charge in [0.1, 0.15) is 5.65 Å². The van der Waals surface area contributed by atoms with Crippen molar-refractivity contribution in [1.29, 1.82) is 0 Å². The Morgan fingerprint density at radius 3 is 2.60 bits per heavy atom. The van der Waals surface area contributed by atoms with E-state index in [-0.39, 0.29) is 12.4 Å². The van der Waals surface area contributed by atoms with Crippen LogP contribution in [0.4, 0.5) is 0 Å². The second kappa shape index (κ2) is 7.05. The van der Waals surface area contributed by atoms with Gasteiger partial charge in [0.25, 0.3) is 11.4 Å². The Labute approximate surface area is 172 Å². The van der Waals surface area contributed by atoms with Crippen molar-refractivity contribution in [3.63, 3.8) is 0 Å². The van der Waals surface area contributed by atoms with Crippen LogP contribution in [0.3, 0.4) is 0 Å². The van der Waals surface area contributed by atoms with Crippen molar-refractivity contribution in [2.75, 3.05) is 21.0 Å². The highest BCUT2D eigenvalue weighted by Crippen LogP contribution is 2.39. The number of nitrogens with zero attached hydrogens (tertiary/aromatic N) is 3. The molecule has 1 aromatic carbocycles. The van der Waals surface area contributed by atoms with Crippen LogP contribution in [0.15, 0.2) is 29.2 Å². The Morgan fingerprint density at radius 1 is 1.07 bits per heavy atom. The molecule has 4 aromatic rings. The molecule has 3 aromatic heterocycles. The zero-order valence-electron chi connectivity index (χ0n) is 17.0. The first-order valence-electron chi connectivity index (χ1n) is 9.83. The van der Waals surface area contributed by atoms with Gasteiger partial charge < -0.3 is 18.9 Å². The SMILES string of the molecule is CCCCn1c(=O)c2c3cc4c(cc3ncc2c2cc(OC)c(OC)nc21)OCO4. The Balaban J connectivity index is 1.95. The molecular weight excluding hydrogens is 386 g/mol. The van der Waals surface area contributed by atoms with Crippen LogP contribution >= 0.6 is 0 Å². The van der Waals surface area contributed by atoms with Crippen LogP contribution in [-0.2, 0) is 6.54 Å². The molecule has 8 heteroatoms. The third-order valence-corrected chi connectivity index (χ3v) is 5.45. The maximum absolute atomic E-state index is 13.7. The number of benzene rings is 1. The molecule has 30 heavy (non-hydrogen) atoms. The van der Waals surface area contributed by atoms with Crippen LogP contribution in [0, 0.1) is 0 Å². The third kappa shape index (κ3) is 2.63. The fourth-order valence-corrected chi connectivity index (χ4v) is 3.94. The lowest BCUT2D eigenvalue weighted by Gasteiger charge is -2.15. The second-order valence-corrected chi connectivity index (χ2v) is 7.15. The van der Waals surface area contributed by atoms with Crippen LogP contribution in [0.2, 0.25) is 0 Å². The summed E-state index contributed by atoms with van der Waals surface area (Å²) in [6, 6.07) is 5.49. The van der Waals surface area contributed by atoms with E-state index < -0.39 is 0 Å². The van der Waals surface area contributed by atoms with Gasteiger partial charge in [0.2, 0.25) is 6.79 Å². The number of pyridine rings is 3. The first-order chi connectivity index (χ1) is 14.7. The van der Waals surface area contributed by atoms with Crippen molar-refractivity contribution in [2.45, 2.75) is 26.3 Å². The molecule has 1 aliphatic heterocycles. The van der Waals surface area contributed by atoms with Crippen molar-refractivity contribution < 1.29 is 18.9 Å². The first kappa shape index (κ1) is 18.5. The standard InChI is InChI=1S/C22H21N3O5/c1-4-5-6-25-20-12(7-18(27-2)21(24-20)28-3)14-10-23-15-9-17-16(29-11-30-17)8-13(15)19(14)22(25)26/h7-10H,4-6,11H2,1-3H3. The van der Waals surface area contributed by atoms with E-state index in [1.54, 1.807) is 17.9 Å². The molecule has 8 nitrogen and oxygen atoms in total. The summed E-state index contributed by atoms with van der Waals surface area (Å²) < 4.78 is 23.6. The molecule has 0 spiro atoms. The van der Waals surface area contributed by atoms with Crippen LogP contribution in [0.1, 0.15) is 19.8 Å². The molecule has 154 valence electrons. The normalized spacial score (nSPS) is 12.8. The molecular formula is C22H21N3O5. The van der Waals surface area contributed by atoms with E-state index in [1.807, 2.05) is 18.2 Å². The van der Waals surface area contributed by atoms with Crippen molar-refractivity contribution in [2.24, 2.45) is 0 Å². The maximum Gasteiger partial charge on any atom is 0.260 e. The molecule has 0 radical (unpaired) electrons. The van der Waals surface area contributed by atoms with Gasteiger partial charge in [0.05, 0.1) is 25.1 Å². The third-order valence-electron chi connectivity index (χ3n) is 5.45. The van der Waals surface area contributed by atoms with Crippen LogP contribution in [0.25, 0.3) is 32.7 Å². The zero-order valence-corrected chi connectivity index (χ0v) is 17.0. The van der Waals surface area contributed by atoms with Crippen molar-refractivity contribution in [3.05, 3.63) is 34.7 Å². The number of hydrogen-bond acceptors (Lipinski definition) is 7. The van der Waals surface area contributed by atoms with Gasteiger partial charge in [0, 0.05) is 35.0 Å². The maximum atomic E-state index is 13.7. The summed E-state index contributed by atoms with van der Waals surface area (Å²) in [5.41, 5.74) is 1.12. The van der Waals surface area contributed by atoms with Gasteiger partial charge in [-0.3, -0.25) is 14.3 Å². The van der Waals surface area contributed by atoms with Crippen molar-refractivity contribution in [3.8, 4) is 23.1 Å². The quantitative estimate of drug-likeness (QED) is 0.467. The van der Waals surface area contributed by atoms with Gasteiger partial charge in [-0.1, -0.05) is 13.3 Å². The minimum absolute atomic E-state index is 0.114. The minimum Gasteiger partial charge on any atom is -0.491 e. The van der Waals surface area contributed by atoms with E-state index in [9.17, 15) is 4.79 Å². The Hall–Kier alpha value is -3.55. The summed E-state index contributed by atoms with van der Waals surface area (Å²) in [6.45, 7) is 2.80. The average molecular weight is 407 g/mol. The van der Waals surface area contributed by atoms with Crippen molar-refractivity contribution >= 4 is 32.7 Å². The molecule has 0 unspecified atom stereocenters. The minimum atomic E-state index is -0.114. The highest BCUT2D eigenvalue weighted by atomic mass is 16.7. The lowest BCUT2D eigenvalue weighted by atomic mass is 10.0. The molecule has 0 saturated carbocycles. The monoisotopic (exact) mass is 407 g/mol. The Bertz CT molecular complexity index is 1360. The molecule has 0 saturated heterocycles. The first-order valence-corrected chi connectivity index (χ1v) is 9.83. The summed E-state index contributed by atoms with van der Waals surface area (Å²) >= 11 is 0. The van der Waals surface area contributed by atoms with Crippen LogP contribution in [0.5, 0.6) is 23.1 Å². The molecule has 0 bridgehead atoms. The molecule has 0 atom stereocenters. The number of hydrogen-bond donors (Lipinski definition) is 0. The van der Waals surface area contributed by atoms with Crippen LogP contribution in [-0.4, -0.2) is 35.5 Å². The zero-order chi connectivity index (χ0) is 20.8. The number of rotatable bonds is 5. The Kier molecular flexibility index (Phi) is 4.34. The smallest absolute Gasteiger partial charge is 0.260 e. The predicted octanol–water partition coefficient (Wildman–Crippen LogP) is 3.64. The van der Waals surface area contributed by atoms with Gasteiger partial charge >= 0.3 is 0 Å². The highest BCUT2D eigenvalue weighted by Gasteiger charge is 2.21. The fraction of sp³-hybridized carbons (Fsp3) is 0.318. The molecule has 0 amide bonds. The summed E-state index contributed by atoms with van der Waals surface area (Å²) in [5.74, 6) is 2.08. The lowest BCUT2D eigenvalue weighted by molar-refractivity contribution is 0.174. The summed E-state index contributed by atoms with van der Waals surface area (Å²) in [7, 11) is 3.10. The highest BCUT2D eigenvalue weighted by molar-refractivity contribution is 6.15. The molecule has 0 N–H and O–H groups in total. The van der Waals surface area contributed by atoms with Gasteiger partial charge in [-0.25, -0.2) is 0 Å². The number of methoxy groups -OCH3 is 2. The van der Waals surface area contributed by atoms with E-state index in [0.717, 1.165) is 23.6 Å². The molecule has 4 heterocycles. The number of unbranched alkanes of at least 4 members (excludes halogenated alkanes) is 1. The molecule has 5 rings (SSSR count). The van der Waals surface area contributed by atoms with E-state index in [4.69, 9.17) is 18.9 Å².